The van der Waals surface area contributed by atoms with Crippen LogP contribution in [0.5, 0.6) is 0 Å². The highest BCUT2D eigenvalue weighted by atomic mass is 19.4. The van der Waals surface area contributed by atoms with Crippen LogP contribution in [0.3, 0.4) is 0 Å². The number of fused-ring (bicyclic) bond motifs is 1. The van der Waals surface area contributed by atoms with Gasteiger partial charge in [-0.25, -0.2) is 9.97 Å². The fourth-order valence-corrected chi connectivity index (χ4v) is 2.61. The highest BCUT2D eigenvalue weighted by Crippen LogP contribution is 2.30. The molecule has 2 heterocycles. The fraction of sp³-hybridized carbons (Fsp3) is 0.176. The quantitative estimate of drug-likeness (QED) is 0.633. The van der Waals surface area contributed by atoms with Gasteiger partial charge in [0.05, 0.1) is 23.4 Å². The lowest BCUT2D eigenvalue weighted by Crippen LogP contribution is -2.31. The van der Waals surface area contributed by atoms with Crippen molar-refractivity contribution in [3.05, 3.63) is 59.7 Å². The molecule has 0 saturated carbocycles. The minimum Gasteiger partial charge on any atom is -0.481 e. The number of nitrogens with zero attached hydrogens (tertiary/aromatic N) is 2. The van der Waals surface area contributed by atoms with Crippen LogP contribution in [0.1, 0.15) is 34.1 Å². The number of carbonyl (C=O) groups is 2. The van der Waals surface area contributed by atoms with Crippen molar-refractivity contribution in [2.75, 3.05) is 0 Å². The predicted octanol–water partition coefficient (Wildman–Crippen LogP) is 2.92. The van der Waals surface area contributed by atoms with Gasteiger partial charge in [0.1, 0.15) is 17.7 Å². The molecule has 0 aliphatic carbocycles. The third kappa shape index (κ3) is 4.05. The number of halogens is 3. The summed E-state index contributed by atoms with van der Waals surface area (Å²) in [5, 5.41) is 12.0. The highest BCUT2D eigenvalue weighted by Gasteiger charge is 2.30. The van der Waals surface area contributed by atoms with Crippen LogP contribution in [0.15, 0.2) is 42.9 Å². The molecule has 3 rings (SSSR count). The third-order valence-corrected chi connectivity index (χ3v) is 3.89. The summed E-state index contributed by atoms with van der Waals surface area (Å²) in [6.07, 6.45) is -2.26. The van der Waals surface area contributed by atoms with Gasteiger partial charge in [0.2, 0.25) is 0 Å². The van der Waals surface area contributed by atoms with E-state index in [0.717, 1.165) is 24.3 Å². The number of carboxylic acid groups (broad SMARTS) is 1. The van der Waals surface area contributed by atoms with Gasteiger partial charge >= 0.3 is 12.1 Å². The van der Waals surface area contributed by atoms with Crippen molar-refractivity contribution in [1.82, 2.24) is 20.3 Å². The number of H-pyrrole nitrogens is 1. The number of rotatable bonds is 5. The number of hydrogen-bond acceptors (Lipinski definition) is 4. The van der Waals surface area contributed by atoms with Gasteiger partial charge in [0.15, 0.2) is 0 Å². The monoisotopic (exact) mass is 378 g/mol. The number of carboxylic acids is 1. The van der Waals surface area contributed by atoms with E-state index in [1.165, 1.54) is 6.33 Å². The van der Waals surface area contributed by atoms with E-state index in [0.29, 0.717) is 11.0 Å². The lowest BCUT2D eigenvalue weighted by atomic mass is 10.0. The summed E-state index contributed by atoms with van der Waals surface area (Å²) in [5.74, 6) is -1.87. The molecule has 0 saturated heterocycles. The first-order valence-electron chi connectivity index (χ1n) is 7.73. The second-order valence-electron chi connectivity index (χ2n) is 5.71. The first-order valence-corrected chi connectivity index (χ1v) is 7.73. The smallest absolute Gasteiger partial charge is 0.416 e. The topological polar surface area (TPSA) is 108 Å². The Morgan fingerprint density at radius 1 is 1.15 bits per heavy atom. The van der Waals surface area contributed by atoms with E-state index in [4.69, 9.17) is 5.11 Å². The summed E-state index contributed by atoms with van der Waals surface area (Å²) in [6.45, 7) is 0. The van der Waals surface area contributed by atoms with Gasteiger partial charge in [-0.15, -0.1) is 0 Å². The Hall–Kier alpha value is -3.43. The first-order chi connectivity index (χ1) is 12.8. The van der Waals surface area contributed by atoms with E-state index < -0.39 is 36.1 Å². The summed E-state index contributed by atoms with van der Waals surface area (Å²) in [6, 6.07) is 4.53. The Balaban J connectivity index is 1.88. The maximum absolute atomic E-state index is 12.7. The Labute approximate surface area is 150 Å². The number of nitrogens with one attached hydrogen (secondary N) is 2. The zero-order valence-corrected chi connectivity index (χ0v) is 13.6. The summed E-state index contributed by atoms with van der Waals surface area (Å²) in [5.41, 5.74) is -0.169. The van der Waals surface area contributed by atoms with Gasteiger partial charge < -0.3 is 15.4 Å². The van der Waals surface area contributed by atoms with E-state index in [1.54, 1.807) is 12.3 Å². The summed E-state index contributed by atoms with van der Waals surface area (Å²) in [7, 11) is 0. The number of aromatic nitrogens is 3. The Bertz CT molecular complexity index is 983. The van der Waals surface area contributed by atoms with Crippen molar-refractivity contribution < 1.29 is 27.9 Å². The van der Waals surface area contributed by atoms with Crippen LogP contribution in [0.4, 0.5) is 13.2 Å². The second-order valence-corrected chi connectivity index (χ2v) is 5.71. The number of aliphatic carboxylic acids is 1. The van der Waals surface area contributed by atoms with E-state index in [9.17, 15) is 22.8 Å². The van der Waals surface area contributed by atoms with E-state index in [2.05, 4.69) is 20.3 Å². The molecule has 0 spiro atoms. The van der Waals surface area contributed by atoms with Crippen LogP contribution in [0, 0.1) is 0 Å². The molecular weight excluding hydrogens is 365 g/mol. The molecule has 140 valence electrons. The summed E-state index contributed by atoms with van der Waals surface area (Å²) in [4.78, 5) is 34.4. The molecule has 0 aliphatic rings. The second kappa shape index (κ2) is 7.06. The van der Waals surface area contributed by atoms with Crippen LogP contribution in [0.2, 0.25) is 0 Å². The number of benzene rings is 1. The molecule has 1 amide bonds. The number of alkyl halides is 3. The van der Waals surface area contributed by atoms with E-state index >= 15 is 0 Å². The third-order valence-electron chi connectivity index (χ3n) is 3.89. The molecule has 0 aliphatic heterocycles. The van der Waals surface area contributed by atoms with Gasteiger partial charge in [-0.1, -0.05) is 12.1 Å². The minimum atomic E-state index is -4.51. The normalized spacial score (nSPS) is 12.7. The first kappa shape index (κ1) is 18.4. The van der Waals surface area contributed by atoms with Crippen LogP contribution >= 0.6 is 0 Å². The molecule has 0 bridgehead atoms. The van der Waals surface area contributed by atoms with Crippen molar-refractivity contribution in [3.63, 3.8) is 0 Å². The molecule has 1 unspecified atom stereocenters. The molecule has 7 nitrogen and oxygen atoms in total. The van der Waals surface area contributed by atoms with Crippen LogP contribution in [0.25, 0.3) is 11.0 Å². The van der Waals surface area contributed by atoms with Gasteiger partial charge in [0.25, 0.3) is 5.91 Å². The summed E-state index contributed by atoms with van der Waals surface area (Å²) < 4.78 is 38.1. The van der Waals surface area contributed by atoms with Gasteiger partial charge in [-0.05, 0) is 23.8 Å². The molecule has 3 aromatic rings. The average Bonchev–Trinajstić information content (AvgIpc) is 3.08. The van der Waals surface area contributed by atoms with Crippen LogP contribution in [-0.4, -0.2) is 31.9 Å². The number of aromatic amines is 1. The lowest BCUT2D eigenvalue weighted by Gasteiger charge is -2.18. The largest absolute Gasteiger partial charge is 0.481 e. The highest BCUT2D eigenvalue weighted by molar-refractivity contribution is 6.03. The number of carbonyl (C=O) groups excluding carboxylic acids is 1. The molecule has 0 fully saturated rings. The van der Waals surface area contributed by atoms with Crippen molar-refractivity contribution in [3.8, 4) is 0 Å². The number of hydrogen-bond donors (Lipinski definition) is 3. The van der Waals surface area contributed by atoms with Crippen molar-refractivity contribution in [2.45, 2.75) is 18.6 Å². The van der Waals surface area contributed by atoms with Gasteiger partial charge in [-0.3, -0.25) is 9.59 Å². The molecule has 3 N–H and O–H groups in total. The maximum atomic E-state index is 12.7. The van der Waals surface area contributed by atoms with Crippen LogP contribution < -0.4 is 5.32 Å². The predicted molar refractivity (Wildman–Crippen MR) is 87.8 cm³/mol. The molecule has 2 aromatic heterocycles. The average molecular weight is 378 g/mol. The van der Waals surface area contributed by atoms with Gasteiger partial charge in [-0.2, -0.15) is 13.2 Å². The molecular formula is C17H13F3N4O3. The van der Waals surface area contributed by atoms with E-state index in [-0.39, 0.29) is 11.3 Å². The minimum absolute atomic E-state index is 0.0311. The lowest BCUT2D eigenvalue weighted by molar-refractivity contribution is -0.138. The van der Waals surface area contributed by atoms with Crippen molar-refractivity contribution in [2.24, 2.45) is 0 Å². The van der Waals surface area contributed by atoms with Crippen molar-refractivity contribution in [1.29, 1.82) is 0 Å². The van der Waals surface area contributed by atoms with Crippen molar-refractivity contribution >= 4 is 22.9 Å². The molecule has 27 heavy (non-hydrogen) atoms. The van der Waals surface area contributed by atoms with E-state index in [1.807, 2.05) is 0 Å². The molecule has 0 radical (unpaired) electrons. The Kier molecular flexibility index (Phi) is 4.80. The zero-order valence-electron chi connectivity index (χ0n) is 13.6. The van der Waals surface area contributed by atoms with Crippen LogP contribution in [-0.2, 0) is 11.0 Å². The molecule has 1 aromatic carbocycles. The standard InChI is InChI=1S/C17H13F3N4O3/c18-17(19,20)10-3-1-9(2-4-10)12(7-13(25)26)24-16(27)14-11-5-6-21-15(11)23-8-22-14/h1-6,8,12H,7H2,(H,24,27)(H,25,26)(H,21,22,23). The fourth-order valence-electron chi connectivity index (χ4n) is 2.61. The SMILES string of the molecule is O=C(O)CC(NC(=O)c1ncnc2[nH]ccc12)c1ccc(C(F)(F)F)cc1. The number of amides is 1. The van der Waals surface area contributed by atoms with Gasteiger partial charge in [0, 0.05) is 6.20 Å². The zero-order chi connectivity index (χ0) is 19.6. The molecule has 10 heteroatoms. The molecule has 1 atom stereocenters. The maximum Gasteiger partial charge on any atom is 0.416 e. The summed E-state index contributed by atoms with van der Waals surface area (Å²) >= 11 is 0. The Morgan fingerprint density at radius 2 is 1.85 bits per heavy atom. The Morgan fingerprint density at radius 3 is 2.48 bits per heavy atom.